The van der Waals surface area contributed by atoms with Crippen LogP contribution in [0.5, 0.6) is 0 Å². The summed E-state index contributed by atoms with van der Waals surface area (Å²) >= 11 is -0.483. The van der Waals surface area contributed by atoms with Crippen LogP contribution >= 0.6 is 24.8 Å². The second kappa shape index (κ2) is 9.50. The van der Waals surface area contributed by atoms with Crippen LogP contribution in [0.1, 0.15) is 19.3 Å². The van der Waals surface area contributed by atoms with E-state index in [1.54, 1.807) is 12.1 Å². The third-order valence-corrected chi connectivity index (χ3v) is 8.63. The zero-order valence-electron chi connectivity index (χ0n) is 13.2. The van der Waals surface area contributed by atoms with Crippen LogP contribution in [0.4, 0.5) is 0 Å². The predicted octanol–water partition coefficient (Wildman–Crippen LogP) is 6.25. The minimum absolute atomic E-state index is 0. The van der Waals surface area contributed by atoms with Crippen molar-refractivity contribution in [2.45, 2.75) is 44.9 Å². The zero-order valence-corrected chi connectivity index (χ0v) is 18.3. The molecule has 2 rings (SSSR count). The van der Waals surface area contributed by atoms with Crippen LogP contribution in [-0.4, -0.2) is 8.07 Å². The molecule has 0 bridgehead atoms. The Balaban J connectivity index is 0.00000200. The number of allylic oxidation sites excluding steroid dienone is 9. The van der Waals surface area contributed by atoms with E-state index < -0.39 is 31.3 Å². The molecule has 0 aromatic heterocycles. The molecule has 0 nitrogen and oxygen atoms in total. The van der Waals surface area contributed by atoms with Crippen LogP contribution < -0.4 is 0 Å². The SMILES string of the molecule is C=C(CC1=[C]([Zr][C]2=CC=CC2)CC=C1)C[Si](C)(C)C.Cl.Cl. The maximum atomic E-state index is 4.33. The number of hydrogen-bond donors (Lipinski definition) is 0. The monoisotopic (exact) mass is 418 g/mol. The van der Waals surface area contributed by atoms with Crippen molar-refractivity contribution in [2.75, 3.05) is 0 Å². The van der Waals surface area contributed by atoms with Crippen LogP contribution in [0.2, 0.25) is 25.7 Å². The maximum absolute atomic E-state index is 4.33. The van der Waals surface area contributed by atoms with E-state index in [4.69, 9.17) is 0 Å². The molecule has 116 valence electrons. The van der Waals surface area contributed by atoms with Gasteiger partial charge in [-0.3, -0.25) is 0 Å². The number of hydrogen-bond acceptors (Lipinski definition) is 0. The Kier molecular flexibility index (Phi) is 9.68. The second-order valence-electron chi connectivity index (χ2n) is 6.72. The molecule has 0 N–H and O–H groups in total. The molecule has 0 fully saturated rings. The van der Waals surface area contributed by atoms with Crippen LogP contribution in [0, 0.1) is 0 Å². The Morgan fingerprint density at radius 2 is 1.90 bits per heavy atom. The first kappa shape index (κ1) is 21.4. The molecule has 2 aliphatic carbocycles. The summed E-state index contributed by atoms with van der Waals surface area (Å²) in [5.74, 6) is 0. The van der Waals surface area contributed by atoms with E-state index >= 15 is 0 Å². The molecule has 0 aliphatic heterocycles. The molecule has 4 heteroatoms. The van der Waals surface area contributed by atoms with Gasteiger partial charge in [-0.15, -0.1) is 24.8 Å². The molecule has 0 atom stereocenters. The second-order valence-corrected chi connectivity index (χ2v) is 15.9. The molecule has 2 aliphatic rings. The van der Waals surface area contributed by atoms with Crippen molar-refractivity contribution in [1.29, 1.82) is 0 Å². The van der Waals surface area contributed by atoms with E-state index in [0.717, 1.165) is 6.42 Å². The van der Waals surface area contributed by atoms with Crippen LogP contribution in [0.15, 0.2) is 54.7 Å². The molecule has 0 unspecified atom stereocenters. The predicted molar refractivity (Wildman–Crippen MR) is 99.0 cm³/mol. The number of rotatable bonds is 6. The van der Waals surface area contributed by atoms with Crippen molar-refractivity contribution in [1.82, 2.24) is 0 Å². The molecule has 0 aromatic carbocycles. The summed E-state index contributed by atoms with van der Waals surface area (Å²) in [5.41, 5.74) is 3.07. The van der Waals surface area contributed by atoms with Crippen LogP contribution in [0.3, 0.4) is 0 Å². The van der Waals surface area contributed by atoms with E-state index in [1.807, 2.05) is 0 Å². The minimum atomic E-state index is -1.00. The Bertz CT molecular complexity index is 493. The third-order valence-electron chi connectivity index (χ3n) is 3.33. The first-order valence-electron chi connectivity index (χ1n) is 7.12. The Hall–Kier alpha value is 0.380. The average Bonchev–Trinajstić information content (AvgIpc) is 2.89. The van der Waals surface area contributed by atoms with E-state index in [9.17, 15) is 0 Å². The molecular formula is C17H26Cl2SiZr. The molecular weight excluding hydrogens is 394 g/mol. The molecule has 0 heterocycles. The van der Waals surface area contributed by atoms with Gasteiger partial charge in [-0.05, 0) is 0 Å². The van der Waals surface area contributed by atoms with Crippen molar-refractivity contribution in [3.05, 3.63) is 54.7 Å². The summed E-state index contributed by atoms with van der Waals surface area (Å²) in [5, 5.41) is 0. The fourth-order valence-corrected chi connectivity index (χ4v) is 7.58. The van der Waals surface area contributed by atoms with E-state index in [0.29, 0.717) is 0 Å². The van der Waals surface area contributed by atoms with Gasteiger partial charge in [-0.2, -0.15) is 0 Å². The summed E-state index contributed by atoms with van der Waals surface area (Å²) in [6.07, 6.45) is 15.2. The van der Waals surface area contributed by atoms with Gasteiger partial charge >= 0.3 is 131 Å². The van der Waals surface area contributed by atoms with Crippen molar-refractivity contribution < 1.29 is 23.2 Å². The quantitative estimate of drug-likeness (QED) is 0.352. The van der Waals surface area contributed by atoms with E-state index in [1.165, 1.54) is 24.5 Å². The van der Waals surface area contributed by atoms with Crippen molar-refractivity contribution in [3.8, 4) is 0 Å². The van der Waals surface area contributed by atoms with Gasteiger partial charge in [0.2, 0.25) is 0 Å². The topological polar surface area (TPSA) is 0 Å². The van der Waals surface area contributed by atoms with Gasteiger partial charge in [-0.1, -0.05) is 0 Å². The molecule has 21 heavy (non-hydrogen) atoms. The van der Waals surface area contributed by atoms with Gasteiger partial charge in [-0.25, -0.2) is 0 Å². The van der Waals surface area contributed by atoms with Crippen LogP contribution in [0.25, 0.3) is 0 Å². The van der Waals surface area contributed by atoms with Crippen molar-refractivity contribution in [3.63, 3.8) is 0 Å². The van der Waals surface area contributed by atoms with Crippen molar-refractivity contribution >= 4 is 32.9 Å². The fraction of sp³-hybridized carbons (Fsp3) is 0.412. The average molecular weight is 421 g/mol. The van der Waals surface area contributed by atoms with Crippen LogP contribution in [-0.2, 0) is 23.2 Å². The van der Waals surface area contributed by atoms with Gasteiger partial charge in [0.25, 0.3) is 0 Å². The molecule has 0 saturated heterocycles. The van der Waals surface area contributed by atoms with Gasteiger partial charge in [0.1, 0.15) is 0 Å². The van der Waals surface area contributed by atoms with Gasteiger partial charge in [0.05, 0.1) is 0 Å². The number of halogens is 2. The molecule has 0 spiro atoms. The third kappa shape index (κ3) is 7.46. The van der Waals surface area contributed by atoms with E-state index in [2.05, 4.69) is 56.6 Å². The largest absolute Gasteiger partial charge is 0.147 e. The Morgan fingerprint density at radius 3 is 2.48 bits per heavy atom. The molecule has 0 saturated carbocycles. The first-order valence-corrected chi connectivity index (χ1v) is 13.3. The summed E-state index contributed by atoms with van der Waals surface area (Å²) < 4.78 is 3.52. The minimum Gasteiger partial charge on any atom is -0.147 e. The van der Waals surface area contributed by atoms with Crippen molar-refractivity contribution in [2.24, 2.45) is 0 Å². The van der Waals surface area contributed by atoms with Gasteiger partial charge < -0.3 is 0 Å². The molecule has 0 aromatic rings. The van der Waals surface area contributed by atoms with E-state index in [-0.39, 0.29) is 24.8 Å². The van der Waals surface area contributed by atoms with Gasteiger partial charge in [0.15, 0.2) is 0 Å². The maximum Gasteiger partial charge on any atom is -0.147 e. The summed E-state index contributed by atoms with van der Waals surface area (Å²) in [6, 6.07) is 1.27. The normalized spacial score (nSPS) is 16.4. The summed E-state index contributed by atoms with van der Waals surface area (Å²) in [4.78, 5) is 0. The smallest absolute Gasteiger partial charge is 0.147 e. The fourth-order valence-electron chi connectivity index (χ4n) is 2.66. The molecule has 0 amide bonds. The Labute approximate surface area is 155 Å². The first-order chi connectivity index (χ1) is 8.94. The molecule has 0 radical (unpaired) electrons. The zero-order chi connectivity index (χ0) is 13.9. The standard InChI is InChI=1S/C12H19Si.C5H5.2ClH.Zr/c1-11(10-13(2,3)4)9-12-7-5-6-8-12;1-2-4-5-3-1;;;/h5,7H,1,6,9-10H2,2-4H3;1-3H,4H2;2*1H;. The summed E-state index contributed by atoms with van der Waals surface area (Å²) in [7, 11) is -1.00. The Morgan fingerprint density at radius 1 is 1.19 bits per heavy atom. The van der Waals surface area contributed by atoms with Gasteiger partial charge in [0, 0.05) is 0 Å². The summed E-state index contributed by atoms with van der Waals surface area (Å²) in [6.45, 7) is 11.6.